The molecule has 0 aromatic carbocycles. The van der Waals surface area contributed by atoms with Gasteiger partial charge in [0.2, 0.25) is 0 Å². The van der Waals surface area contributed by atoms with Gasteiger partial charge in [-0.2, -0.15) is 0 Å². The van der Waals surface area contributed by atoms with Gasteiger partial charge < -0.3 is 10.8 Å². The zero-order valence-electron chi connectivity index (χ0n) is 8.31. The number of nitrogen functional groups attached to an aromatic ring is 1. The average molecular weight is 216 g/mol. The zero-order valence-corrected chi connectivity index (χ0v) is 9.13. The average Bonchev–Trinajstić information content (AvgIpc) is 2.53. The van der Waals surface area contributed by atoms with Crippen LogP contribution in [0.3, 0.4) is 0 Å². The van der Waals surface area contributed by atoms with Crippen LogP contribution in [0.5, 0.6) is 0 Å². The second kappa shape index (κ2) is 5.90. The fourth-order valence-corrected chi connectivity index (χ4v) is 1.70. The van der Waals surface area contributed by atoms with Crippen molar-refractivity contribution in [1.29, 1.82) is 0 Å². The molecule has 0 aliphatic heterocycles. The number of anilines is 1. The maximum Gasteiger partial charge on any atom is 0.132 e. The number of aliphatic hydroxyl groups is 1. The van der Waals surface area contributed by atoms with E-state index in [-0.39, 0.29) is 6.61 Å². The SMILES string of the molecule is CCCN(CCO)Cc1nnsc1N. The van der Waals surface area contributed by atoms with Gasteiger partial charge in [0.1, 0.15) is 10.7 Å². The van der Waals surface area contributed by atoms with Crippen molar-refractivity contribution < 1.29 is 5.11 Å². The van der Waals surface area contributed by atoms with Crippen molar-refractivity contribution in [3.63, 3.8) is 0 Å². The Morgan fingerprint density at radius 3 is 2.79 bits per heavy atom. The first-order chi connectivity index (χ1) is 6.77. The topological polar surface area (TPSA) is 75.3 Å². The standard InChI is InChI=1S/C8H16N4OS/c1-2-3-12(4-5-13)6-7-8(9)14-11-10-7/h13H,2-6,9H2,1H3. The molecular formula is C8H16N4OS. The van der Waals surface area contributed by atoms with Gasteiger partial charge in [0.25, 0.3) is 0 Å². The van der Waals surface area contributed by atoms with E-state index in [2.05, 4.69) is 21.4 Å². The Balaban J connectivity index is 2.50. The molecule has 1 rings (SSSR count). The van der Waals surface area contributed by atoms with Crippen molar-refractivity contribution in [3.05, 3.63) is 5.69 Å². The second-order valence-corrected chi connectivity index (χ2v) is 3.87. The largest absolute Gasteiger partial charge is 0.395 e. The summed E-state index contributed by atoms with van der Waals surface area (Å²) < 4.78 is 3.77. The molecule has 0 aliphatic carbocycles. The number of hydrogen-bond acceptors (Lipinski definition) is 6. The summed E-state index contributed by atoms with van der Waals surface area (Å²) in [4.78, 5) is 2.12. The van der Waals surface area contributed by atoms with E-state index in [0.29, 0.717) is 18.1 Å². The van der Waals surface area contributed by atoms with Crippen LogP contribution in [0.1, 0.15) is 19.0 Å². The molecular weight excluding hydrogens is 200 g/mol. The number of rotatable bonds is 6. The van der Waals surface area contributed by atoms with E-state index in [1.165, 1.54) is 11.5 Å². The van der Waals surface area contributed by atoms with Gasteiger partial charge in [-0.3, -0.25) is 4.90 Å². The number of nitrogens with two attached hydrogens (primary N) is 1. The smallest absolute Gasteiger partial charge is 0.132 e. The Kier molecular flexibility index (Phi) is 4.78. The van der Waals surface area contributed by atoms with E-state index >= 15 is 0 Å². The van der Waals surface area contributed by atoms with Gasteiger partial charge in [0.05, 0.1) is 6.61 Å². The minimum Gasteiger partial charge on any atom is -0.395 e. The molecule has 0 atom stereocenters. The van der Waals surface area contributed by atoms with Crippen LogP contribution in [-0.4, -0.2) is 39.3 Å². The summed E-state index contributed by atoms with van der Waals surface area (Å²) in [5, 5.41) is 13.5. The Hall–Kier alpha value is -0.720. The van der Waals surface area contributed by atoms with Gasteiger partial charge in [-0.05, 0) is 13.0 Å². The summed E-state index contributed by atoms with van der Waals surface area (Å²) in [5.74, 6) is 0. The van der Waals surface area contributed by atoms with Gasteiger partial charge >= 0.3 is 0 Å². The highest BCUT2D eigenvalue weighted by Crippen LogP contribution is 2.14. The van der Waals surface area contributed by atoms with Crippen LogP contribution in [0.2, 0.25) is 0 Å². The molecule has 1 aromatic rings. The number of aliphatic hydroxyl groups excluding tert-OH is 1. The lowest BCUT2D eigenvalue weighted by atomic mass is 10.3. The minimum atomic E-state index is 0.164. The number of nitrogens with zero attached hydrogens (tertiary/aromatic N) is 3. The lowest BCUT2D eigenvalue weighted by molar-refractivity contribution is 0.189. The summed E-state index contributed by atoms with van der Waals surface area (Å²) >= 11 is 1.21. The summed E-state index contributed by atoms with van der Waals surface area (Å²) in [6.45, 7) is 4.55. The fraction of sp³-hybridized carbons (Fsp3) is 0.750. The first-order valence-corrected chi connectivity index (χ1v) is 5.45. The lowest BCUT2D eigenvalue weighted by Gasteiger charge is -2.18. The van der Waals surface area contributed by atoms with Gasteiger partial charge in [0, 0.05) is 24.6 Å². The van der Waals surface area contributed by atoms with E-state index in [1.54, 1.807) is 0 Å². The quantitative estimate of drug-likeness (QED) is 0.716. The van der Waals surface area contributed by atoms with Gasteiger partial charge in [-0.15, -0.1) is 5.10 Å². The predicted octanol–water partition coefficient (Wildman–Crippen LogP) is 0.325. The van der Waals surface area contributed by atoms with E-state index in [9.17, 15) is 0 Å². The van der Waals surface area contributed by atoms with Crippen LogP contribution < -0.4 is 5.73 Å². The number of aromatic nitrogens is 2. The number of hydrogen-bond donors (Lipinski definition) is 2. The zero-order chi connectivity index (χ0) is 10.4. The summed E-state index contributed by atoms with van der Waals surface area (Å²) in [5.41, 5.74) is 6.50. The van der Waals surface area contributed by atoms with Crippen molar-refractivity contribution in [2.24, 2.45) is 0 Å². The molecule has 0 fully saturated rings. The van der Waals surface area contributed by atoms with Crippen LogP contribution >= 0.6 is 11.5 Å². The highest BCUT2D eigenvalue weighted by Gasteiger charge is 2.09. The highest BCUT2D eigenvalue weighted by molar-refractivity contribution is 7.09. The molecule has 0 amide bonds. The van der Waals surface area contributed by atoms with Crippen molar-refractivity contribution >= 4 is 16.5 Å². The molecule has 0 aliphatic rings. The monoisotopic (exact) mass is 216 g/mol. The molecule has 5 nitrogen and oxygen atoms in total. The van der Waals surface area contributed by atoms with E-state index in [0.717, 1.165) is 18.7 Å². The van der Waals surface area contributed by atoms with Crippen LogP contribution in [-0.2, 0) is 6.54 Å². The molecule has 3 N–H and O–H groups in total. The molecule has 0 saturated carbocycles. The molecule has 1 heterocycles. The first kappa shape index (κ1) is 11.4. The Labute approximate surface area is 87.7 Å². The van der Waals surface area contributed by atoms with Crippen molar-refractivity contribution in [1.82, 2.24) is 14.5 Å². The third-order valence-electron chi connectivity index (χ3n) is 1.91. The van der Waals surface area contributed by atoms with Crippen LogP contribution in [0.4, 0.5) is 5.00 Å². The predicted molar refractivity (Wildman–Crippen MR) is 57.0 cm³/mol. The molecule has 80 valence electrons. The van der Waals surface area contributed by atoms with Crippen LogP contribution in [0.15, 0.2) is 0 Å². The lowest BCUT2D eigenvalue weighted by Crippen LogP contribution is -2.27. The molecule has 14 heavy (non-hydrogen) atoms. The van der Waals surface area contributed by atoms with E-state index < -0.39 is 0 Å². The van der Waals surface area contributed by atoms with Gasteiger partial charge in [0.15, 0.2) is 0 Å². The van der Waals surface area contributed by atoms with Gasteiger partial charge in [-0.25, -0.2) is 0 Å². The Bertz CT molecular complexity index is 260. The Morgan fingerprint density at radius 1 is 1.50 bits per heavy atom. The summed E-state index contributed by atoms with van der Waals surface area (Å²) in [6, 6.07) is 0. The fourth-order valence-electron chi connectivity index (χ4n) is 1.26. The van der Waals surface area contributed by atoms with E-state index in [1.807, 2.05) is 0 Å². The molecule has 0 unspecified atom stereocenters. The second-order valence-electron chi connectivity index (χ2n) is 3.08. The normalized spacial score (nSPS) is 11.1. The summed E-state index contributed by atoms with van der Waals surface area (Å²) in [6.07, 6.45) is 1.05. The summed E-state index contributed by atoms with van der Waals surface area (Å²) in [7, 11) is 0. The highest BCUT2D eigenvalue weighted by atomic mass is 32.1. The first-order valence-electron chi connectivity index (χ1n) is 4.67. The van der Waals surface area contributed by atoms with Crippen molar-refractivity contribution in [2.75, 3.05) is 25.4 Å². The van der Waals surface area contributed by atoms with Crippen LogP contribution in [0.25, 0.3) is 0 Å². The van der Waals surface area contributed by atoms with Crippen LogP contribution in [0, 0.1) is 0 Å². The minimum absolute atomic E-state index is 0.164. The van der Waals surface area contributed by atoms with Gasteiger partial charge in [-0.1, -0.05) is 11.4 Å². The maximum atomic E-state index is 8.85. The van der Waals surface area contributed by atoms with E-state index in [4.69, 9.17) is 10.8 Å². The molecule has 0 bridgehead atoms. The molecule has 6 heteroatoms. The maximum absolute atomic E-state index is 8.85. The molecule has 0 spiro atoms. The van der Waals surface area contributed by atoms with Crippen molar-refractivity contribution in [2.45, 2.75) is 19.9 Å². The van der Waals surface area contributed by atoms with Crippen molar-refractivity contribution in [3.8, 4) is 0 Å². The third-order valence-corrected chi connectivity index (χ3v) is 2.51. The Morgan fingerprint density at radius 2 is 2.29 bits per heavy atom. The molecule has 1 aromatic heterocycles. The molecule has 0 saturated heterocycles. The third kappa shape index (κ3) is 3.21. The molecule has 0 radical (unpaired) electrons.